The van der Waals surface area contributed by atoms with Gasteiger partial charge in [-0.2, -0.15) is 0 Å². The topological polar surface area (TPSA) is 111 Å². The van der Waals surface area contributed by atoms with Gasteiger partial charge in [0.05, 0.1) is 20.5 Å². The summed E-state index contributed by atoms with van der Waals surface area (Å²) in [6.45, 7) is 4.77. The molecule has 7 nitrogen and oxygen atoms in total. The van der Waals surface area contributed by atoms with Gasteiger partial charge in [-0.1, -0.05) is 11.6 Å². The number of sulfone groups is 1. The predicted octanol–water partition coefficient (Wildman–Crippen LogP) is 4.04. The first-order valence-corrected chi connectivity index (χ1v) is 11.8. The number of nitrogens with two attached hydrogens (primary N) is 1. The summed E-state index contributed by atoms with van der Waals surface area (Å²) in [5.74, 6) is -0.109. The van der Waals surface area contributed by atoms with E-state index in [1.807, 2.05) is 0 Å². The first kappa shape index (κ1) is 21.0. The molecule has 3 aromatic rings. The molecule has 2 N–H and O–H groups in total. The minimum Gasteiger partial charge on any atom is -0.415 e. The van der Waals surface area contributed by atoms with Gasteiger partial charge in [0.1, 0.15) is 21.9 Å². The Morgan fingerprint density at radius 1 is 1.17 bits per heavy atom. The fourth-order valence-corrected chi connectivity index (χ4v) is 6.45. The Bertz CT molecular complexity index is 1270. The van der Waals surface area contributed by atoms with Crippen LogP contribution in [0.25, 0.3) is 22.2 Å². The van der Waals surface area contributed by atoms with E-state index < -0.39 is 20.1 Å². The molecule has 0 fully saturated rings. The number of rotatable bonds is 3. The molecule has 4 rings (SSSR count). The van der Waals surface area contributed by atoms with E-state index in [1.54, 1.807) is 13.0 Å². The number of hydrogen-bond acceptors (Lipinski definition) is 8. The molecular weight excluding hydrogens is 451 g/mol. The fraction of sp³-hybridized carbons (Fsp3) is 0.316. The number of thiophene rings is 1. The van der Waals surface area contributed by atoms with Gasteiger partial charge in [-0.3, -0.25) is 4.99 Å². The molecule has 1 aliphatic rings. The van der Waals surface area contributed by atoms with Crippen LogP contribution in [0, 0.1) is 5.82 Å². The molecule has 3 heterocycles. The molecular formula is C19H18ClFN4O3S2. The zero-order chi connectivity index (χ0) is 21.9. The molecule has 158 valence electrons. The van der Waals surface area contributed by atoms with Crippen molar-refractivity contribution in [2.24, 2.45) is 10.7 Å². The average molecular weight is 469 g/mol. The molecule has 1 aromatic carbocycles. The Morgan fingerprint density at radius 2 is 1.80 bits per heavy atom. The van der Waals surface area contributed by atoms with Crippen LogP contribution in [0.3, 0.4) is 0 Å². The summed E-state index contributed by atoms with van der Waals surface area (Å²) >= 11 is 7.66. The van der Waals surface area contributed by atoms with Gasteiger partial charge in [-0.05, 0) is 51.1 Å². The number of aromatic nitrogens is 2. The van der Waals surface area contributed by atoms with Crippen molar-refractivity contribution >= 4 is 38.6 Å². The van der Waals surface area contributed by atoms with Crippen molar-refractivity contribution in [2.75, 3.05) is 5.75 Å². The average Bonchev–Trinajstić information content (AvgIpc) is 3.27. The van der Waals surface area contributed by atoms with Crippen molar-refractivity contribution in [1.82, 2.24) is 10.2 Å². The molecule has 11 heteroatoms. The van der Waals surface area contributed by atoms with Crippen molar-refractivity contribution in [3.05, 3.63) is 46.0 Å². The van der Waals surface area contributed by atoms with Crippen LogP contribution in [-0.4, -0.2) is 35.0 Å². The number of nitrogens with zero attached hydrogens (tertiary/aromatic N) is 3. The van der Waals surface area contributed by atoms with Crippen molar-refractivity contribution in [3.63, 3.8) is 0 Å². The summed E-state index contributed by atoms with van der Waals surface area (Å²) in [5, 5.41) is 8.37. The van der Waals surface area contributed by atoms with E-state index in [9.17, 15) is 12.8 Å². The molecule has 0 saturated carbocycles. The standard InChI is InChI=1S/C19H18ClFN4O3S2/c1-18(2)17(22)23-19(3,9-30(18,26)27)14-12(20)8-13(29-14)16-25-24-15(28-16)10-4-6-11(21)7-5-10/h4-8H,9H2,1-3H3,(H2,22,23). The second kappa shape index (κ2) is 6.86. The Balaban J connectivity index is 1.73. The lowest BCUT2D eigenvalue weighted by Gasteiger charge is -2.37. The molecule has 1 aliphatic heterocycles. The van der Waals surface area contributed by atoms with Crippen LogP contribution in [-0.2, 0) is 15.4 Å². The maximum Gasteiger partial charge on any atom is 0.258 e. The highest BCUT2D eigenvalue weighted by molar-refractivity contribution is 7.93. The van der Waals surface area contributed by atoms with Crippen LogP contribution in [0.1, 0.15) is 25.6 Å². The smallest absolute Gasteiger partial charge is 0.258 e. The summed E-state index contributed by atoms with van der Waals surface area (Å²) < 4.78 is 43.2. The highest BCUT2D eigenvalue weighted by Crippen LogP contribution is 2.45. The Morgan fingerprint density at radius 3 is 2.43 bits per heavy atom. The molecule has 1 atom stereocenters. The summed E-state index contributed by atoms with van der Waals surface area (Å²) in [6, 6.07) is 7.30. The third kappa shape index (κ3) is 3.32. The van der Waals surface area contributed by atoms with Crippen LogP contribution in [0.15, 0.2) is 39.7 Å². The van der Waals surface area contributed by atoms with Gasteiger partial charge in [0.25, 0.3) is 5.89 Å². The predicted molar refractivity (Wildman–Crippen MR) is 115 cm³/mol. The molecule has 0 aliphatic carbocycles. The van der Waals surface area contributed by atoms with Crippen LogP contribution in [0.2, 0.25) is 5.02 Å². The molecule has 0 spiro atoms. The fourth-order valence-electron chi connectivity index (χ4n) is 3.13. The molecule has 0 saturated heterocycles. The van der Waals surface area contributed by atoms with Gasteiger partial charge in [0, 0.05) is 5.56 Å². The van der Waals surface area contributed by atoms with Gasteiger partial charge in [0.15, 0.2) is 9.84 Å². The molecule has 0 amide bonds. The first-order valence-electron chi connectivity index (χ1n) is 8.91. The number of amidine groups is 1. The lowest BCUT2D eigenvalue weighted by Crippen LogP contribution is -2.54. The first-order chi connectivity index (χ1) is 13.9. The largest absolute Gasteiger partial charge is 0.415 e. The monoisotopic (exact) mass is 468 g/mol. The lowest BCUT2D eigenvalue weighted by molar-refractivity contribution is 0.507. The maximum absolute atomic E-state index is 13.1. The van der Waals surface area contributed by atoms with E-state index in [2.05, 4.69) is 15.2 Å². The zero-order valence-corrected chi connectivity index (χ0v) is 18.7. The van der Waals surface area contributed by atoms with E-state index >= 15 is 0 Å². The quantitative estimate of drug-likeness (QED) is 0.621. The van der Waals surface area contributed by atoms with E-state index in [4.69, 9.17) is 21.8 Å². The van der Waals surface area contributed by atoms with Gasteiger partial charge >= 0.3 is 0 Å². The third-order valence-corrected chi connectivity index (χ3v) is 9.63. The van der Waals surface area contributed by atoms with E-state index in [-0.39, 0.29) is 29.2 Å². The van der Waals surface area contributed by atoms with Crippen molar-refractivity contribution in [2.45, 2.75) is 31.1 Å². The third-order valence-electron chi connectivity index (χ3n) is 5.14. The van der Waals surface area contributed by atoms with Crippen molar-refractivity contribution < 1.29 is 17.2 Å². The number of benzene rings is 1. The second-order valence-electron chi connectivity index (χ2n) is 7.75. The van der Waals surface area contributed by atoms with Crippen LogP contribution in [0.5, 0.6) is 0 Å². The molecule has 1 unspecified atom stereocenters. The van der Waals surface area contributed by atoms with Crippen LogP contribution >= 0.6 is 22.9 Å². The van der Waals surface area contributed by atoms with E-state index in [0.717, 1.165) is 0 Å². The van der Waals surface area contributed by atoms with E-state index in [1.165, 1.54) is 49.4 Å². The molecule has 2 aromatic heterocycles. The molecule has 30 heavy (non-hydrogen) atoms. The second-order valence-corrected chi connectivity index (χ2v) is 11.7. The minimum absolute atomic E-state index is 0.0404. The minimum atomic E-state index is -3.56. The van der Waals surface area contributed by atoms with Gasteiger partial charge in [-0.15, -0.1) is 21.5 Å². The zero-order valence-electron chi connectivity index (χ0n) is 16.3. The Hall–Kier alpha value is -2.30. The number of hydrogen-bond donors (Lipinski definition) is 1. The SMILES string of the molecule is CC1(c2sc(-c3nnc(-c4ccc(F)cc4)o3)cc2Cl)CS(=O)(=O)C(C)(C)C(N)=N1. The molecule has 0 radical (unpaired) electrons. The number of aliphatic imine (C=N–C) groups is 1. The normalized spacial score (nSPS) is 22.6. The van der Waals surface area contributed by atoms with Gasteiger partial charge < -0.3 is 10.2 Å². The number of halogens is 2. The Labute approximate surface area is 181 Å². The summed E-state index contributed by atoms with van der Waals surface area (Å²) in [5.41, 5.74) is 5.46. The van der Waals surface area contributed by atoms with E-state index in [0.29, 0.717) is 20.3 Å². The highest BCUT2D eigenvalue weighted by atomic mass is 35.5. The van der Waals surface area contributed by atoms with Gasteiger partial charge in [-0.25, -0.2) is 12.8 Å². The highest BCUT2D eigenvalue weighted by Gasteiger charge is 2.50. The van der Waals surface area contributed by atoms with Crippen LogP contribution < -0.4 is 5.73 Å². The maximum atomic E-state index is 13.1. The van der Waals surface area contributed by atoms with Crippen molar-refractivity contribution in [1.29, 1.82) is 0 Å². The van der Waals surface area contributed by atoms with Crippen LogP contribution in [0.4, 0.5) is 4.39 Å². The lowest BCUT2D eigenvalue weighted by atomic mass is 10.0. The van der Waals surface area contributed by atoms with Crippen molar-refractivity contribution in [3.8, 4) is 22.2 Å². The van der Waals surface area contributed by atoms with Gasteiger partial charge in [0.2, 0.25) is 5.89 Å². The Kier molecular flexibility index (Phi) is 4.79. The summed E-state index contributed by atoms with van der Waals surface area (Å²) in [4.78, 5) is 5.61. The molecule has 0 bridgehead atoms. The summed E-state index contributed by atoms with van der Waals surface area (Å²) in [7, 11) is -3.56. The summed E-state index contributed by atoms with van der Waals surface area (Å²) in [6.07, 6.45) is 0.